The highest BCUT2D eigenvalue weighted by Gasteiger charge is 2.16. The van der Waals surface area contributed by atoms with Crippen LogP contribution in [0.5, 0.6) is 0 Å². The second-order valence-electron chi connectivity index (χ2n) is 6.34. The molecule has 6 heteroatoms. The zero-order valence-corrected chi connectivity index (χ0v) is 14.9. The number of hydrogen-bond donors (Lipinski definition) is 3. The van der Waals surface area contributed by atoms with E-state index >= 15 is 0 Å². The van der Waals surface area contributed by atoms with Crippen molar-refractivity contribution in [2.45, 2.75) is 55.9 Å². The Morgan fingerprint density at radius 2 is 1.79 bits per heavy atom. The fourth-order valence-electron chi connectivity index (χ4n) is 3.04. The Morgan fingerprint density at radius 1 is 1.12 bits per heavy atom. The van der Waals surface area contributed by atoms with Crippen LogP contribution in [0.25, 0.3) is 0 Å². The Bertz CT molecular complexity index is 543. The van der Waals surface area contributed by atoms with Crippen LogP contribution >= 0.6 is 11.8 Å². The molecule has 1 aliphatic carbocycles. The summed E-state index contributed by atoms with van der Waals surface area (Å²) in [5.74, 6) is -0.149. The summed E-state index contributed by atoms with van der Waals surface area (Å²) in [5, 5.41) is 5.14. The molecule has 0 spiro atoms. The predicted molar refractivity (Wildman–Crippen MR) is 97.9 cm³/mol. The standard InChI is InChI=1S/C18H27N3O2S/c19-17(22)13-24-16-11-7-6-10-15(16)21-18(23)12-20-14-8-4-2-1-3-5-9-14/h6-7,10-11,14,20H,1-5,8-9,12-13H2,(H2,19,22)(H,21,23)/p+1. The van der Waals surface area contributed by atoms with Crippen LogP contribution < -0.4 is 16.4 Å². The highest BCUT2D eigenvalue weighted by atomic mass is 32.2. The molecule has 0 heterocycles. The van der Waals surface area contributed by atoms with E-state index in [1.165, 1.54) is 56.7 Å². The lowest BCUT2D eigenvalue weighted by atomic mass is 9.97. The van der Waals surface area contributed by atoms with Gasteiger partial charge in [0.05, 0.1) is 17.5 Å². The number of nitrogens with one attached hydrogen (secondary N) is 1. The van der Waals surface area contributed by atoms with Gasteiger partial charge in [-0.1, -0.05) is 31.4 Å². The van der Waals surface area contributed by atoms with Crippen molar-refractivity contribution >= 4 is 29.3 Å². The lowest BCUT2D eigenvalue weighted by molar-refractivity contribution is -0.680. The van der Waals surface area contributed by atoms with E-state index in [0.29, 0.717) is 12.6 Å². The summed E-state index contributed by atoms with van der Waals surface area (Å²) in [5.41, 5.74) is 5.94. The third-order valence-corrected chi connectivity index (χ3v) is 5.41. The minimum atomic E-state index is -0.362. The molecule has 2 rings (SSSR count). The van der Waals surface area contributed by atoms with E-state index in [9.17, 15) is 9.59 Å². The lowest BCUT2D eigenvalue weighted by Gasteiger charge is -2.18. The molecule has 0 radical (unpaired) electrons. The topological polar surface area (TPSA) is 88.8 Å². The maximum absolute atomic E-state index is 12.3. The molecule has 24 heavy (non-hydrogen) atoms. The van der Waals surface area contributed by atoms with E-state index in [1.807, 2.05) is 24.3 Å². The molecule has 1 saturated carbocycles. The highest BCUT2D eigenvalue weighted by molar-refractivity contribution is 8.00. The second kappa shape index (κ2) is 10.4. The molecular formula is C18H28N3O2S+. The molecule has 0 saturated heterocycles. The Morgan fingerprint density at radius 3 is 2.50 bits per heavy atom. The molecule has 1 fully saturated rings. The summed E-state index contributed by atoms with van der Waals surface area (Å²) in [6, 6.07) is 8.08. The summed E-state index contributed by atoms with van der Waals surface area (Å²) in [6.07, 6.45) is 8.95. The molecule has 1 aromatic rings. The van der Waals surface area contributed by atoms with E-state index < -0.39 is 0 Å². The Kier molecular flexibility index (Phi) is 8.12. The summed E-state index contributed by atoms with van der Waals surface area (Å²) in [7, 11) is 0. The Hall–Kier alpha value is -1.53. The van der Waals surface area contributed by atoms with Crippen molar-refractivity contribution in [2.75, 3.05) is 17.6 Å². The van der Waals surface area contributed by atoms with E-state index in [0.717, 1.165) is 10.6 Å². The monoisotopic (exact) mass is 350 g/mol. The Labute approximate surface area is 148 Å². The summed E-state index contributed by atoms with van der Waals surface area (Å²) < 4.78 is 0. The molecule has 0 aliphatic heterocycles. The van der Waals surface area contributed by atoms with Gasteiger partial charge in [-0.15, -0.1) is 11.8 Å². The van der Waals surface area contributed by atoms with Crippen LogP contribution in [0.4, 0.5) is 5.69 Å². The predicted octanol–water partition coefficient (Wildman–Crippen LogP) is 1.88. The number of carbonyl (C=O) groups excluding carboxylic acids is 2. The first-order valence-corrected chi connectivity index (χ1v) is 9.77. The number of amides is 2. The number of primary amides is 1. The minimum absolute atomic E-state index is 0.00387. The minimum Gasteiger partial charge on any atom is -0.369 e. The first-order valence-electron chi connectivity index (χ1n) is 8.78. The molecule has 1 aliphatic rings. The van der Waals surface area contributed by atoms with Crippen molar-refractivity contribution in [3.05, 3.63) is 24.3 Å². The molecule has 0 bridgehead atoms. The molecule has 2 amide bonds. The van der Waals surface area contributed by atoms with Crippen LogP contribution in [0.2, 0.25) is 0 Å². The first-order chi connectivity index (χ1) is 11.6. The van der Waals surface area contributed by atoms with Crippen LogP contribution in [0.1, 0.15) is 44.9 Å². The van der Waals surface area contributed by atoms with Crippen molar-refractivity contribution in [1.82, 2.24) is 0 Å². The molecule has 0 atom stereocenters. The maximum atomic E-state index is 12.3. The summed E-state index contributed by atoms with van der Waals surface area (Å²) in [4.78, 5) is 24.1. The number of carbonyl (C=O) groups is 2. The fraction of sp³-hybridized carbons (Fsp3) is 0.556. The highest BCUT2D eigenvalue weighted by Crippen LogP contribution is 2.26. The average molecular weight is 351 g/mol. The van der Waals surface area contributed by atoms with Crippen LogP contribution in [0.15, 0.2) is 29.2 Å². The smallest absolute Gasteiger partial charge is 0.279 e. The van der Waals surface area contributed by atoms with Crippen molar-refractivity contribution in [3.8, 4) is 0 Å². The molecule has 5 N–H and O–H groups in total. The van der Waals surface area contributed by atoms with Crippen LogP contribution in [0.3, 0.4) is 0 Å². The van der Waals surface area contributed by atoms with Gasteiger partial charge in [0, 0.05) is 4.90 Å². The van der Waals surface area contributed by atoms with Gasteiger partial charge in [0.1, 0.15) is 0 Å². The van der Waals surface area contributed by atoms with Gasteiger partial charge >= 0.3 is 0 Å². The van der Waals surface area contributed by atoms with Gasteiger partial charge in [-0.2, -0.15) is 0 Å². The third kappa shape index (κ3) is 6.93. The van der Waals surface area contributed by atoms with Crippen LogP contribution in [-0.2, 0) is 9.59 Å². The number of thioether (sulfide) groups is 1. The molecule has 132 valence electrons. The SMILES string of the molecule is NC(=O)CSc1ccccc1NC(=O)C[NH2+]C1CCCCCCC1. The zero-order valence-electron chi connectivity index (χ0n) is 14.1. The number of benzene rings is 1. The van der Waals surface area contributed by atoms with Crippen molar-refractivity contribution in [1.29, 1.82) is 0 Å². The van der Waals surface area contributed by atoms with E-state index in [-0.39, 0.29) is 17.6 Å². The number of anilines is 1. The number of nitrogens with two attached hydrogens (primary N) is 2. The van der Waals surface area contributed by atoms with Crippen LogP contribution in [-0.4, -0.2) is 30.2 Å². The zero-order chi connectivity index (χ0) is 17.2. The van der Waals surface area contributed by atoms with Gasteiger partial charge in [-0.05, 0) is 37.8 Å². The Balaban J connectivity index is 1.82. The van der Waals surface area contributed by atoms with Gasteiger partial charge in [0.2, 0.25) is 5.91 Å². The van der Waals surface area contributed by atoms with Crippen LogP contribution in [0, 0.1) is 0 Å². The van der Waals surface area contributed by atoms with Gasteiger partial charge < -0.3 is 16.4 Å². The second-order valence-corrected chi connectivity index (χ2v) is 7.36. The van der Waals surface area contributed by atoms with Gasteiger partial charge in [-0.25, -0.2) is 0 Å². The fourth-order valence-corrected chi connectivity index (χ4v) is 3.79. The summed E-state index contributed by atoms with van der Waals surface area (Å²) in [6.45, 7) is 0.444. The number of hydrogen-bond acceptors (Lipinski definition) is 3. The van der Waals surface area contributed by atoms with E-state index in [1.54, 1.807) is 0 Å². The molecular weight excluding hydrogens is 322 g/mol. The van der Waals surface area contributed by atoms with Gasteiger partial charge in [0.15, 0.2) is 6.54 Å². The maximum Gasteiger partial charge on any atom is 0.279 e. The third-order valence-electron chi connectivity index (χ3n) is 4.32. The van der Waals surface area contributed by atoms with Crippen molar-refractivity contribution < 1.29 is 14.9 Å². The van der Waals surface area contributed by atoms with E-state index in [2.05, 4.69) is 10.6 Å². The lowest BCUT2D eigenvalue weighted by Crippen LogP contribution is -2.91. The molecule has 1 aromatic carbocycles. The van der Waals surface area contributed by atoms with E-state index in [4.69, 9.17) is 5.73 Å². The molecule has 5 nitrogen and oxygen atoms in total. The summed E-state index contributed by atoms with van der Waals surface area (Å²) >= 11 is 1.35. The van der Waals surface area contributed by atoms with Crippen molar-refractivity contribution in [2.24, 2.45) is 5.73 Å². The molecule has 0 unspecified atom stereocenters. The molecule has 0 aromatic heterocycles. The number of para-hydroxylation sites is 1. The quantitative estimate of drug-likeness (QED) is 0.656. The van der Waals surface area contributed by atoms with Gasteiger partial charge in [0.25, 0.3) is 5.91 Å². The average Bonchev–Trinajstić information content (AvgIpc) is 2.53. The normalized spacial score (nSPS) is 16.2. The largest absolute Gasteiger partial charge is 0.369 e. The number of quaternary nitrogens is 1. The number of rotatable bonds is 7. The first kappa shape index (κ1) is 18.8. The van der Waals surface area contributed by atoms with Crippen molar-refractivity contribution in [3.63, 3.8) is 0 Å². The van der Waals surface area contributed by atoms with Gasteiger partial charge in [-0.3, -0.25) is 9.59 Å².